The van der Waals surface area contributed by atoms with Gasteiger partial charge in [-0.25, -0.2) is 4.79 Å². The molecule has 1 aromatic heterocycles. The summed E-state index contributed by atoms with van der Waals surface area (Å²) in [5.74, 6) is 0. The zero-order chi connectivity index (χ0) is 16.5. The largest absolute Gasteiger partial charge is 0.423 e. The molecule has 1 N–H and O–H groups in total. The van der Waals surface area contributed by atoms with Gasteiger partial charge in [0.1, 0.15) is 5.58 Å². The fraction of sp³-hybridized carbons (Fsp3) is 0.0952. The summed E-state index contributed by atoms with van der Waals surface area (Å²) in [5.41, 5.74) is 3.50. The van der Waals surface area contributed by atoms with Gasteiger partial charge in [-0.2, -0.15) is 0 Å². The lowest BCUT2D eigenvalue weighted by Crippen LogP contribution is -2.06. The highest BCUT2D eigenvalue weighted by Crippen LogP contribution is 2.27. The number of nitrogens with one attached hydrogen (secondary N) is 1. The Morgan fingerprint density at radius 1 is 0.958 bits per heavy atom. The van der Waals surface area contributed by atoms with Crippen LogP contribution in [0.4, 0.5) is 5.69 Å². The molecule has 4 aromatic rings. The van der Waals surface area contributed by atoms with E-state index in [0.717, 1.165) is 27.4 Å². The molecular formula is C21H17NO2. The number of hydrogen-bond donors (Lipinski definition) is 1. The van der Waals surface area contributed by atoms with Crippen molar-refractivity contribution in [1.29, 1.82) is 0 Å². The monoisotopic (exact) mass is 315 g/mol. The molecule has 0 saturated carbocycles. The van der Waals surface area contributed by atoms with Crippen LogP contribution in [0.1, 0.15) is 11.1 Å². The number of hydrogen-bond acceptors (Lipinski definition) is 3. The predicted molar refractivity (Wildman–Crippen MR) is 98.5 cm³/mol. The molecule has 3 aromatic carbocycles. The van der Waals surface area contributed by atoms with E-state index in [4.69, 9.17) is 4.42 Å². The lowest BCUT2D eigenvalue weighted by molar-refractivity contribution is 0.559. The summed E-state index contributed by atoms with van der Waals surface area (Å²) in [4.78, 5) is 11.9. The quantitative estimate of drug-likeness (QED) is 0.433. The van der Waals surface area contributed by atoms with Gasteiger partial charge in [0, 0.05) is 23.7 Å². The van der Waals surface area contributed by atoms with E-state index in [9.17, 15) is 4.79 Å². The van der Waals surface area contributed by atoms with Crippen LogP contribution >= 0.6 is 0 Å². The van der Waals surface area contributed by atoms with Crippen LogP contribution in [0.25, 0.3) is 21.7 Å². The van der Waals surface area contributed by atoms with Crippen molar-refractivity contribution in [1.82, 2.24) is 0 Å². The Morgan fingerprint density at radius 3 is 2.58 bits per heavy atom. The van der Waals surface area contributed by atoms with Gasteiger partial charge in [0.25, 0.3) is 0 Å². The number of aryl methyl sites for hydroxylation is 1. The molecular weight excluding hydrogens is 298 g/mol. The minimum absolute atomic E-state index is 0.321. The standard InChI is InChI=1S/C21H17NO2/c1-14-6-9-17(10-7-14)22-13-16-12-20(23)24-19-11-8-15-4-2-3-5-18(15)21(16)19/h2-12,22H,13H2,1H3. The van der Waals surface area contributed by atoms with Gasteiger partial charge in [-0.1, -0.05) is 48.0 Å². The van der Waals surface area contributed by atoms with E-state index >= 15 is 0 Å². The molecule has 1 heterocycles. The zero-order valence-electron chi connectivity index (χ0n) is 13.4. The Kier molecular flexibility index (Phi) is 3.54. The molecule has 0 aliphatic heterocycles. The smallest absolute Gasteiger partial charge is 0.336 e. The van der Waals surface area contributed by atoms with Crippen LogP contribution in [-0.4, -0.2) is 0 Å². The fourth-order valence-electron chi connectivity index (χ4n) is 3.03. The average Bonchev–Trinajstić information content (AvgIpc) is 2.60. The van der Waals surface area contributed by atoms with Gasteiger partial charge in [-0.05, 0) is 41.5 Å². The maximum atomic E-state index is 11.9. The zero-order valence-corrected chi connectivity index (χ0v) is 13.4. The lowest BCUT2D eigenvalue weighted by atomic mass is 10.0. The van der Waals surface area contributed by atoms with E-state index in [1.807, 2.05) is 36.4 Å². The number of benzene rings is 3. The summed E-state index contributed by atoms with van der Waals surface area (Å²) in [5, 5.41) is 6.62. The van der Waals surface area contributed by atoms with Gasteiger partial charge in [-0.3, -0.25) is 0 Å². The Balaban J connectivity index is 1.82. The van der Waals surface area contributed by atoms with Crippen molar-refractivity contribution in [2.75, 3.05) is 5.32 Å². The predicted octanol–water partition coefficient (Wildman–Crippen LogP) is 4.87. The maximum Gasteiger partial charge on any atom is 0.336 e. The Bertz CT molecular complexity index is 1080. The van der Waals surface area contributed by atoms with Crippen molar-refractivity contribution in [2.24, 2.45) is 0 Å². The van der Waals surface area contributed by atoms with Crippen LogP contribution in [0.2, 0.25) is 0 Å². The first kappa shape index (κ1) is 14.5. The number of anilines is 1. The molecule has 0 spiro atoms. The van der Waals surface area contributed by atoms with E-state index in [1.54, 1.807) is 6.07 Å². The lowest BCUT2D eigenvalue weighted by Gasteiger charge is -2.11. The molecule has 0 saturated heterocycles. The molecule has 3 nitrogen and oxygen atoms in total. The summed E-state index contributed by atoms with van der Waals surface area (Å²) in [6.45, 7) is 2.63. The third-order valence-electron chi connectivity index (χ3n) is 4.25. The summed E-state index contributed by atoms with van der Waals surface area (Å²) >= 11 is 0. The highest BCUT2D eigenvalue weighted by molar-refractivity contribution is 6.07. The highest BCUT2D eigenvalue weighted by Gasteiger charge is 2.09. The van der Waals surface area contributed by atoms with Crippen LogP contribution in [-0.2, 0) is 6.54 Å². The van der Waals surface area contributed by atoms with Crippen LogP contribution in [0.15, 0.2) is 75.9 Å². The van der Waals surface area contributed by atoms with Gasteiger partial charge >= 0.3 is 5.63 Å². The molecule has 0 amide bonds. The van der Waals surface area contributed by atoms with E-state index in [-0.39, 0.29) is 5.63 Å². The van der Waals surface area contributed by atoms with Crippen molar-refractivity contribution >= 4 is 27.4 Å². The molecule has 0 fully saturated rings. The van der Waals surface area contributed by atoms with Crippen LogP contribution < -0.4 is 10.9 Å². The topological polar surface area (TPSA) is 42.2 Å². The van der Waals surface area contributed by atoms with Gasteiger partial charge in [0.15, 0.2) is 0 Å². The van der Waals surface area contributed by atoms with Crippen LogP contribution in [0, 0.1) is 6.92 Å². The molecule has 24 heavy (non-hydrogen) atoms. The second kappa shape index (κ2) is 5.85. The van der Waals surface area contributed by atoms with Crippen LogP contribution in [0.5, 0.6) is 0 Å². The van der Waals surface area contributed by atoms with Crippen molar-refractivity contribution in [3.05, 3.63) is 88.3 Å². The van der Waals surface area contributed by atoms with E-state index in [2.05, 4.69) is 36.5 Å². The van der Waals surface area contributed by atoms with E-state index in [1.165, 1.54) is 5.56 Å². The maximum absolute atomic E-state index is 11.9. The third-order valence-corrected chi connectivity index (χ3v) is 4.25. The molecule has 4 rings (SSSR count). The number of rotatable bonds is 3. The molecule has 0 bridgehead atoms. The van der Waals surface area contributed by atoms with Crippen LogP contribution in [0.3, 0.4) is 0 Å². The summed E-state index contributed by atoms with van der Waals surface area (Å²) in [7, 11) is 0. The van der Waals surface area contributed by atoms with Gasteiger partial charge in [-0.15, -0.1) is 0 Å². The SMILES string of the molecule is Cc1ccc(NCc2cc(=O)oc3ccc4ccccc4c23)cc1. The number of fused-ring (bicyclic) bond motifs is 3. The van der Waals surface area contributed by atoms with Crippen molar-refractivity contribution < 1.29 is 4.42 Å². The molecule has 0 aliphatic carbocycles. The minimum Gasteiger partial charge on any atom is -0.423 e. The first-order valence-electron chi connectivity index (χ1n) is 7.96. The summed E-state index contributed by atoms with van der Waals surface area (Å²) in [6.07, 6.45) is 0. The first-order valence-corrected chi connectivity index (χ1v) is 7.96. The molecule has 118 valence electrons. The Labute approximate surface area is 139 Å². The Hall–Kier alpha value is -3.07. The third kappa shape index (κ3) is 2.65. The van der Waals surface area contributed by atoms with Gasteiger partial charge in [0.05, 0.1) is 0 Å². The molecule has 3 heteroatoms. The molecule has 0 unspecified atom stereocenters. The normalized spacial score (nSPS) is 11.0. The molecule has 0 radical (unpaired) electrons. The molecule has 0 aliphatic rings. The fourth-order valence-corrected chi connectivity index (χ4v) is 3.03. The summed E-state index contributed by atoms with van der Waals surface area (Å²) in [6, 6.07) is 21.8. The summed E-state index contributed by atoms with van der Waals surface area (Å²) < 4.78 is 5.39. The van der Waals surface area contributed by atoms with E-state index in [0.29, 0.717) is 12.1 Å². The van der Waals surface area contributed by atoms with Crippen molar-refractivity contribution in [3.63, 3.8) is 0 Å². The van der Waals surface area contributed by atoms with Crippen molar-refractivity contribution in [2.45, 2.75) is 13.5 Å². The second-order valence-corrected chi connectivity index (χ2v) is 5.97. The molecule has 0 atom stereocenters. The second-order valence-electron chi connectivity index (χ2n) is 5.97. The van der Waals surface area contributed by atoms with E-state index < -0.39 is 0 Å². The minimum atomic E-state index is -0.321. The van der Waals surface area contributed by atoms with Gasteiger partial charge < -0.3 is 9.73 Å². The van der Waals surface area contributed by atoms with Gasteiger partial charge in [0.2, 0.25) is 0 Å². The first-order chi connectivity index (χ1) is 11.7. The van der Waals surface area contributed by atoms with Crippen molar-refractivity contribution in [3.8, 4) is 0 Å². The average molecular weight is 315 g/mol. The highest BCUT2D eigenvalue weighted by atomic mass is 16.4. The Morgan fingerprint density at radius 2 is 1.75 bits per heavy atom.